The zero-order chi connectivity index (χ0) is 8.10. The number of hydrogen-bond donors (Lipinski definition) is 1. The highest BCUT2D eigenvalue weighted by molar-refractivity contribution is 5.79. The maximum absolute atomic E-state index is 11.0. The molecular weight excluding hydrogens is 140 g/mol. The van der Waals surface area contributed by atoms with Gasteiger partial charge in [0.1, 0.15) is 0 Å². The summed E-state index contributed by atoms with van der Waals surface area (Å²) >= 11 is 0. The first-order valence-corrected chi connectivity index (χ1v) is 4.33. The second-order valence-corrected chi connectivity index (χ2v) is 2.95. The van der Waals surface area contributed by atoms with E-state index in [0.717, 1.165) is 19.6 Å². The lowest BCUT2D eigenvalue weighted by Gasteiger charge is -2.13. The maximum atomic E-state index is 11.0. The Bertz CT molecular complexity index is 136. The van der Waals surface area contributed by atoms with Gasteiger partial charge >= 0.3 is 0 Å². The molecule has 1 aliphatic heterocycles. The molecule has 1 saturated heterocycles. The summed E-state index contributed by atoms with van der Waals surface area (Å²) in [4.78, 5) is 12.9. The van der Waals surface area contributed by atoms with Crippen molar-refractivity contribution >= 4 is 5.91 Å². The van der Waals surface area contributed by atoms with Crippen LogP contribution in [0, 0.1) is 0 Å². The lowest BCUT2D eigenvalue weighted by molar-refractivity contribution is -0.126. The number of carbonyl (C=O) groups is 1. The van der Waals surface area contributed by atoms with Crippen molar-refractivity contribution in [2.24, 2.45) is 0 Å². The Kier molecular flexibility index (Phi) is 3.36. The van der Waals surface area contributed by atoms with Crippen LogP contribution in [0.5, 0.6) is 0 Å². The van der Waals surface area contributed by atoms with Crippen LogP contribution in [0.25, 0.3) is 0 Å². The summed E-state index contributed by atoms with van der Waals surface area (Å²) in [6, 6.07) is 0. The standard InChI is InChI=1S/C8H16N2O/c1-2-3-4-5-10-7-9-6-8(10)11/h9H,2-7H2,1H3. The van der Waals surface area contributed by atoms with Crippen LogP contribution in [0.2, 0.25) is 0 Å². The van der Waals surface area contributed by atoms with Crippen molar-refractivity contribution in [1.82, 2.24) is 10.2 Å². The van der Waals surface area contributed by atoms with E-state index >= 15 is 0 Å². The fourth-order valence-corrected chi connectivity index (χ4v) is 1.25. The molecule has 0 aliphatic carbocycles. The molecule has 0 bridgehead atoms. The number of carbonyl (C=O) groups excluding carboxylic acids is 1. The molecule has 0 spiro atoms. The third kappa shape index (κ3) is 2.50. The summed E-state index contributed by atoms with van der Waals surface area (Å²) in [5.41, 5.74) is 0. The molecular formula is C8H16N2O. The van der Waals surface area contributed by atoms with Gasteiger partial charge in [-0.05, 0) is 6.42 Å². The quantitative estimate of drug-likeness (QED) is 0.603. The Morgan fingerprint density at radius 2 is 2.36 bits per heavy atom. The molecule has 3 nitrogen and oxygen atoms in total. The summed E-state index contributed by atoms with van der Waals surface area (Å²) in [5.74, 6) is 0.251. The van der Waals surface area contributed by atoms with Gasteiger partial charge in [0.2, 0.25) is 5.91 Å². The molecule has 0 radical (unpaired) electrons. The van der Waals surface area contributed by atoms with Gasteiger partial charge in [-0.15, -0.1) is 0 Å². The van der Waals surface area contributed by atoms with Crippen LogP contribution in [0.1, 0.15) is 26.2 Å². The molecule has 0 saturated carbocycles. The zero-order valence-electron chi connectivity index (χ0n) is 7.10. The van der Waals surface area contributed by atoms with Gasteiger partial charge in [-0.2, -0.15) is 0 Å². The number of unbranched alkanes of at least 4 members (excludes halogenated alkanes) is 2. The Balaban J connectivity index is 2.10. The van der Waals surface area contributed by atoms with Gasteiger partial charge in [0, 0.05) is 6.54 Å². The predicted octanol–water partition coefficient (Wildman–Crippen LogP) is 0.566. The topological polar surface area (TPSA) is 32.3 Å². The first-order valence-electron chi connectivity index (χ1n) is 4.33. The molecule has 0 unspecified atom stereocenters. The van der Waals surface area contributed by atoms with Gasteiger partial charge in [0.25, 0.3) is 0 Å². The summed E-state index contributed by atoms with van der Waals surface area (Å²) in [5, 5.41) is 3.03. The highest BCUT2D eigenvalue weighted by Crippen LogP contribution is 2.00. The molecule has 64 valence electrons. The Morgan fingerprint density at radius 3 is 2.91 bits per heavy atom. The van der Waals surface area contributed by atoms with Gasteiger partial charge in [0.15, 0.2) is 0 Å². The molecule has 3 heteroatoms. The number of hydrogen-bond acceptors (Lipinski definition) is 2. The average molecular weight is 156 g/mol. The van der Waals surface area contributed by atoms with Crippen LogP contribution in [-0.4, -0.2) is 30.6 Å². The minimum absolute atomic E-state index is 0.251. The van der Waals surface area contributed by atoms with Gasteiger partial charge in [-0.3, -0.25) is 10.1 Å². The fraction of sp³-hybridized carbons (Fsp3) is 0.875. The Morgan fingerprint density at radius 1 is 1.55 bits per heavy atom. The largest absolute Gasteiger partial charge is 0.329 e. The first-order chi connectivity index (χ1) is 5.34. The summed E-state index contributed by atoms with van der Waals surface area (Å²) in [6.45, 7) is 4.39. The molecule has 1 fully saturated rings. The van der Waals surface area contributed by atoms with Crippen LogP contribution >= 0.6 is 0 Å². The van der Waals surface area contributed by atoms with E-state index in [2.05, 4.69) is 12.2 Å². The summed E-state index contributed by atoms with van der Waals surface area (Å²) in [6.07, 6.45) is 3.59. The SMILES string of the molecule is CCCCCN1CNCC1=O. The molecule has 1 N–H and O–H groups in total. The number of nitrogens with one attached hydrogen (secondary N) is 1. The second kappa shape index (κ2) is 4.34. The molecule has 0 aromatic carbocycles. The van der Waals surface area contributed by atoms with E-state index < -0.39 is 0 Å². The van der Waals surface area contributed by atoms with Crippen molar-refractivity contribution < 1.29 is 4.79 Å². The van der Waals surface area contributed by atoms with E-state index in [1.165, 1.54) is 12.8 Å². The Labute approximate surface area is 67.8 Å². The monoisotopic (exact) mass is 156 g/mol. The van der Waals surface area contributed by atoms with Gasteiger partial charge in [-0.1, -0.05) is 19.8 Å². The third-order valence-corrected chi connectivity index (χ3v) is 1.96. The number of amides is 1. The first kappa shape index (κ1) is 8.53. The van der Waals surface area contributed by atoms with E-state index in [9.17, 15) is 4.79 Å². The lowest BCUT2D eigenvalue weighted by atomic mass is 10.2. The van der Waals surface area contributed by atoms with Gasteiger partial charge in [0.05, 0.1) is 13.2 Å². The number of rotatable bonds is 4. The highest BCUT2D eigenvalue weighted by atomic mass is 16.2. The molecule has 0 aromatic heterocycles. The molecule has 11 heavy (non-hydrogen) atoms. The molecule has 1 heterocycles. The van der Waals surface area contributed by atoms with E-state index in [1.807, 2.05) is 4.90 Å². The van der Waals surface area contributed by atoms with Crippen molar-refractivity contribution in [2.75, 3.05) is 19.8 Å². The maximum Gasteiger partial charge on any atom is 0.237 e. The van der Waals surface area contributed by atoms with Gasteiger partial charge in [-0.25, -0.2) is 0 Å². The van der Waals surface area contributed by atoms with Crippen molar-refractivity contribution in [3.8, 4) is 0 Å². The van der Waals surface area contributed by atoms with Gasteiger partial charge < -0.3 is 4.90 Å². The number of nitrogens with zero attached hydrogens (tertiary/aromatic N) is 1. The van der Waals surface area contributed by atoms with E-state index in [4.69, 9.17) is 0 Å². The van der Waals surface area contributed by atoms with E-state index in [1.54, 1.807) is 0 Å². The van der Waals surface area contributed by atoms with E-state index in [-0.39, 0.29) is 5.91 Å². The Hall–Kier alpha value is -0.570. The van der Waals surface area contributed by atoms with Crippen molar-refractivity contribution in [3.05, 3.63) is 0 Å². The van der Waals surface area contributed by atoms with E-state index in [0.29, 0.717) is 6.54 Å². The molecule has 1 amide bonds. The van der Waals surface area contributed by atoms with Crippen molar-refractivity contribution in [3.63, 3.8) is 0 Å². The smallest absolute Gasteiger partial charge is 0.237 e. The predicted molar refractivity (Wildman–Crippen MR) is 44.1 cm³/mol. The minimum atomic E-state index is 0.251. The summed E-state index contributed by atoms with van der Waals surface area (Å²) in [7, 11) is 0. The third-order valence-electron chi connectivity index (χ3n) is 1.96. The molecule has 0 aromatic rings. The van der Waals surface area contributed by atoms with Crippen LogP contribution in [-0.2, 0) is 4.79 Å². The second-order valence-electron chi connectivity index (χ2n) is 2.95. The lowest BCUT2D eigenvalue weighted by Crippen LogP contribution is -2.27. The highest BCUT2D eigenvalue weighted by Gasteiger charge is 2.17. The zero-order valence-corrected chi connectivity index (χ0v) is 7.10. The minimum Gasteiger partial charge on any atom is -0.329 e. The van der Waals surface area contributed by atoms with Crippen LogP contribution < -0.4 is 5.32 Å². The molecule has 0 atom stereocenters. The van der Waals surface area contributed by atoms with Crippen molar-refractivity contribution in [1.29, 1.82) is 0 Å². The van der Waals surface area contributed by atoms with Crippen LogP contribution in [0.15, 0.2) is 0 Å². The normalized spacial score (nSPS) is 17.9. The van der Waals surface area contributed by atoms with Crippen LogP contribution in [0.4, 0.5) is 0 Å². The summed E-state index contributed by atoms with van der Waals surface area (Å²) < 4.78 is 0. The molecule has 1 aliphatic rings. The van der Waals surface area contributed by atoms with Crippen LogP contribution in [0.3, 0.4) is 0 Å². The average Bonchev–Trinajstić information content (AvgIpc) is 2.37. The molecule has 1 rings (SSSR count). The van der Waals surface area contributed by atoms with Crippen molar-refractivity contribution in [2.45, 2.75) is 26.2 Å². The fourth-order valence-electron chi connectivity index (χ4n) is 1.25.